The highest BCUT2D eigenvalue weighted by Gasteiger charge is 2.10. The van der Waals surface area contributed by atoms with Gasteiger partial charge < -0.3 is 0 Å². The molecule has 3 N–H and O–H groups in total. The normalized spacial score (nSPS) is 10.3. The Hall–Kier alpha value is -1.32. The molecule has 2 aromatic heterocycles. The molecule has 0 atom stereocenters. The topological polar surface area (TPSA) is 89.6 Å². The molecule has 2 rings (SSSR count). The Bertz CT molecular complexity index is 447. The fourth-order valence-electron chi connectivity index (χ4n) is 0.783. The van der Waals surface area contributed by atoms with Crippen LogP contribution in [0, 0.1) is 5.82 Å². The Kier molecular flexibility index (Phi) is 3.04. The summed E-state index contributed by atoms with van der Waals surface area (Å²) < 4.78 is 17.6. The summed E-state index contributed by atoms with van der Waals surface area (Å²) >= 11 is 2.24. The first-order chi connectivity index (χ1) is 7.29. The molecule has 0 bridgehead atoms. The zero-order valence-electron chi connectivity index (χ0n) is 7.22. The summed E-state index contributed by atoms with van der Waals surface area (Å²) in [4.78, 5) is 11.4. The molecule has 6 nitrogen and oxygen atoms in total. The first-order valence-corrected chi connectivity index (χ1v) is 5.32. The maximum absolute atomic E-state index is 13.2. The van der Waals surface area contributed by atoms with Crippen LogP contribution in [0.5, 0.6) is 0 Å². The molecule has 0 saturated heterocycles. The fourth-order valence-corrected chi connectivity index (χ4v) is 2.12. The summed E-state index contributed by atoms with van der Waals surface area (Å²) in [7, 11) is 0. The van der Waals surface area contributed by atoms with E-state index in [1.54, 1.807) is 0 Å². The summed E-state index contributed by atoms with van der Waals surface area (Å²) in [5.41, 5.74) is 2.24. The third kappa shape index (κ3) is 2.37. The van der Waals surface area contributed by atoms with E-state index in [4.69, 9.17) is 5.84 Å². The number of nitrogens with one attached hydrogen (secondary N) is 1. The van der Waals surface area contributed by atoms with Gasteiger partial charge in [-0.3, -0.25) is 5.43 Å². The van der Waals surface area contributed by atoms with Crippen molar-refractivity contribution in [2.45, 2.75) is 9.37 Å². The predicted molar refractivity (Wildman–Crippen MR) is 53.8 cm³/mol. The van der Waals surface area contributed by atoms with Crippen molar-refractivity contribution in [3.05, 3.63) is 18.3 Å². The van der Waals surface area contributed by atoms with Gasteiger partial charge in [0.05, 0.1) is 6.20 Å². The second-order valence-electron chi connectivity index (χ2n) is 2.30. The zero-order valence-corrected chi connectivity index (χ0v) is 8.85. The lowest BCUT2D eigenvalue weighted by Gasteiger charge is -2.01. The van der Waals surface area contributed by atoms with Gasteiger partial charge in [-0.25, -0.2) is 25.2 Å². The summed E-state index contributed by atoms with van der Waals surface area (Å²) in [5, 5.41) is 0.162. The van der Waals surface area contributed by atoms with Gasteiger partial charge in [0.2, 0.25) is 5.95 Å². The average Bonchev–Trinajstić information content (AvgIpc) is 2.74. The molecule has 0 spiro atoms. The van der Waals surface area contributed by atoms with Gasteiger partial charge in [-0.2, -0.15) is 4.37 Å². The molecule has 0 aromatic carbocycles. The Morgan fingerprint density at radius 1 is 1.47 bits per heavy atom. The van der Waals surface area contributed by atoms with E-state index in [2.05, 4.69) is 24.8 Å². The van der Waals surface area contributed by atoms with E-state index in [0.29, 0.717) is 4.34 Å². The van der Waals surface area contributed by atoms with Crippen molar-refractivity contribution in [1.82, 2.24) is 19.3 Å². The van der Waals surface area contributed by atoms with E-state index < -0.39 is 5.82 Å². The van der Waals surface area contributed by atoms with E-state index in [0.717, 1.165) is 29.5 Å². The van der Waals surface area contributed by atoms with Crippen molar-refractivity contribution in [1.29, 1.82) is 0 Å². The van der Waals surface area contributed by atoms with Crippen molar-refractivity contribution in [3.63, 3.8) is 0 Å². The number of nitrogen functional groups attached to an aromatic ring is 1. The number of hydrazine groups is 1. The highest BCUT2D eigenvalue weighted by atomic mass is 32.2. The predicted octanol–water partition coefficient (Wildman–Crippen LogP) is 0.904. The maximum Gasteiger partial charge on any atom is 0.238 e. The van der Waals surface area contributed by atoms with Crippen LogP contribution in [0.15, 0.2) is 21.9 Å². The van der Waals surface area contributed by atoms with E-state index >= 15 is 0 Å². The minimum atomic E-state index is -0.519. The van der Waals surface area contributed by atoms with Crippen molar-refractivity contribution >= 4 is 29.2 Å². The third-order valence-electron chi connectivity index (χ3n) is 1.37. The summed E-state index contributed by atoms with van der Waals surface area (Å²) in [6, 6.07) is 0. The smallest absolute Gasteiger partial charge is 0.238 e. The molecule has 0 aliphatic rings. The number of rotatable bonds is 3. The van der Waals surface area contributed by atoms with E-state index in [1.807, 2.05) is 0 Å². The molecule has 0 radical (unpaired) electrons. The van der Waals surface area contributed by atoms with Crippen LogP contribution in [-0.2, 0) is 0 Å². The highest BCUT2D eigenvalue weighted by Crippen LogP contribution is 2.28. The molecule has 78 valence electrons. The number of nitrogens with zero attached hydrogens (tertiary/aromatic N) is 4. The van der Waals surface area contributed by atoms with Gasteiger partial charge in [-0.1, -0.05) is 0 Å². The van der Waals surface area contributed by atoms with Crippen LogP contribution in [0.4, 0.5) is 10.3 Å². The summed E-state index contributed by atoms with van der Waals surface area (Å²) in [6.07, 6.45) is 2.44. The lowest BCUT2D eigenvalue weighted by atomic mass is 10.6. The molecular formula is C6H5FN6S2. The van der Waals surface area contributed by atoms with E-state index in [1.165, 1.54) is 6.33 Å². The van der Waals surface area contributed by atoms with Crippen LogP contribution in [0.2, 0.25) is 0 Å². The molecule has 0 aliphatic heterocycles. The van der Waals surface area contributed by atoms with Gasteiger partial charge in [0.15, 0.2) is 10.2 Å². The van der Waals surface area contributed by atoms with Crippen LogP contribution >= 0.6 is 23.3 Å². The Labute approximate surface area is 92.3 Å². The minimum Gasteiger partial charge on any atom is -0.292 e. The molecule has 2 aromatic rings. The number of hydrogen-bond acceptors (Lipinski definition) is 8. The van der Waals surface area contributed by atoms with Gasteiger partial charge in [0.25, 0.3) is 0 Å². The van der Waals surface area contributed by atoms with E-state index in [9.17, 15) is 4.39 Å². The SMILES string of the molecule is NNc1ncc(F)c(Sc2ncns2)n1. The number of aromatic nitrogens is 4. The monoisotopic (exact) mass is 244 g/mol. The zero-order chi connectivity index (χ0) is 10.7. The van der Waals surface area contributed by atoms with Crippen molar-refractivity contribution in [2.24, 2.45) is 5.84 Å². The molecule has 0 unspecified atom stereocenters. The van der Waals surface area contributed by atoms with E-state index in [-0.39, 0.29) is 11.0 Å². The molecule has 0 fully saturated rings. The van der Waals surface area contributed by atoms with Crippen molar-refractivity contribution in [3.8, 4) is 0 Å². The van der Waals surface area contributed by atoms with Gasteiger partial charge >= 0.3 is 0 Å². The standard InChI is InChI=1S/C6H5FN6S2/c7-3-1-9-5(13-8)12-4(3)14-6-10-2-11-15-6/h1-2H,8H2,(H,9,12,13). The largest absolute Gasteiger partial charge is 0.292 e. The van der Waals surface area contributed by atoms with Crippen LogP contribution in [0.1, 0.15) is 0 Å². The number of nitrogens with two attached hydrogens (primary N) is 1. The van der Waals surface area contributed by atoms with Crippen LogP contribution < -0.4 is 11.3 Å². The fraction of sp³-hybridized carbons (Fsp3) is 0. The lowest BCUT2D eigenvalue weighted by molar-refractivity contribution is 0.580. The highest BCUT2D eigenvalue weighted by molar-refractivity contribution is 8.00. The lowest BCUT2D eigenvalue weighted by Crippen LogP contribution is -2.11. The second-order valence-corrected chi connectivity index (χ2v) is 4.32. The Balaban J connectivity index is 2.27. The average molecular weight is 244 g/mol. The molecule has 0 amide bonds. The van der Waals surface area contributed by atoms with Gasteiger partial charge in [-0.15, -0.1) is 0 Å². The van der Waals surface area contributed by atoms with Crippen LogP contribution in [-0.4, -0.2) is 19.3 Å². The molecule has 15 heavy (non-hydrogen) atoms. The molecular weight excluding hydrogens is 239 g/mol. The molecule has 2 heterocycles. The molecule has 0 aliphatic carbocycles. The van der Waals surface area contributed by atoms with Crippen molar-refractivity contribution in [2.75, 3.05) is 5.43 Å². The number of anilines is 1. The van der Waals surface area contributed by atoms with Gasteiger partial charge in [0, 0.05) is 0 Å². The Morgan fingerprint density at radius 2 is 2.33 bits per heavy atom. The van der Waals surface area contributed by atoms with Gasteiger partial charge in [-0.05, 0) is 23.3 Å². The van der Waals surface area contributed by atoms with Crippen LogP contribution in [0.3, 0.4) is 0 Å². The second kappa shape index (κ2) is 4.47. The quantitative estimate of drug-likeness (QED) is 0.471. The molecule has 9 heteroatoms. The number of hydrogen-bond donors (Lipinski definition) is 2. The Morgan fingerprint density at radius 3 is 3.00 bits per heavy atom. The minimum absolute atomic E-state index is 0.156. The number of halogens is 1. The first-order valence-electron chi connectivity index (χ1n) is 3.73. The first kappa shape index (κ1) is 10.2. The third-order valence-corrected chi connectivity index (χ3v) is 3.06. The molecule has 0 saturated carbocycles. The van der Waals surface area contributed by atoms with Gasteiger partial charge in [0.1, 0.15) is 11.4 Å². The van der Waals surface area contributed by atoms with Crippen LogP contribution in [0.25, 0.3) is 0 Å². The maximum atomic E-state index is 13.2. The van der Waals surface area contributed by atoms with Crippen molar-refractivity contribution < 1.29 is 4.39 Å². The summed E-state index contributed by atoms with van der Waals surface area (Å²) in [6.45, 7) is 0. The summed E-state index contributed by atoms with van der Waals surface area (Å²) in [5.74, 6) is 4.75.